The summed E-state index contributed by atoms with van der Waals surface area (Å²) in [6, 6.07) is 9.27. The lowest BCUT2D eigenvalue weighted by Crippen LogP contribution is -2.19. The molecule has 132 valence electrons. The number of primary sulfonamides is 1. The van der Waals surface area contributed by atoms with E-state index < -0.39 is 25.6 Å². The van der Waals surface area contributed by atoms with Crippen LogP contribution in [0.1, 0.15) is 5.56 Å². The van der Waals surface area contributed by atoms with Crippen molar-refractivity contribution < 1.29 is 18.3 Å². The third-order valence-electron chi connectivity index (χ3n) is 3.48. The van der Waals surface area contributed by atoms with Crippen LogP contribution in [0.4, 0.5) is 17.1 Å². The molecule has 0 saturated carbocycles. The fourth-order valence-corrected chi connectivity index (χ4v) is 2.85. The summed E-state index contributed by atoms with van der Waals surface area (Å²) in [6.07, 6.45) is 0. The second-order valence-corrected chi connectivity index (χ2v) is 6.76. The van der Waals surface area contributed by atoms with Crippen molar-refractivity contribution in [1.29, 1.82) is 0 Å². The van der Waals surface area contributed by atoms with E-state index >= 15 is 0 Å². The summed E-state index contributed by atoms with van der Waals surface area (Å²) in [7, 11) is -2.58. The summed E-state index contributed by atoms with van der Waals surface area (Å²) in [4.78, 5) is 22.1. The predicted octanol–water partition coefficient (Wildman–Crippen LogP) is 1.79. The Morgan fingerprint density at radius 1 is 1.04 bits per heavy atom. The third-order valence-corrected chi connectivity index (χ3v) is 4.39. The minimum absolute atomic E-state index is 0.0206. The van der Waals surface area contributed by atoms with E-state index in [0.29, 0.717) is 5.56 Å². The van der Waals surface area contributed by atoms with Gasteiger partial charge >= 0.3 is 0 Å². The monoisotopic (exact) mass is 366 g/mol. The Kier molecular flexibility index (Phi) is 4.99. The van der Waals surface area contributed by atoms with E-state index in [2.05, 4.69) is 0 Å². The van der Waals surface area contributed by atoms with Crippen LogP contribution in [-0.4, -0.2) is 25.3 Å². The van der Waals surface area contributed by atoms with Crippen LogP contribution in [0.25, 0.3) is 0 Å². The molecule has 0 unspecified atom stereocenters. The van der Waals surface area contributed by atoms with Gasteiger partial charge in [-0.2, -0.15) is 0 Å². The average Bonchev–Trinajstić information content (AvgIpc) is 2.53. The third kappa shape index (κ3) is 4.08. The fraction of sp³-hybridized carbons (Fsp3) is 0.143. The van der Waals surface area contributed by atoms with E-state index in [1.807, 2.05) is 0 Å². The van der Waals surface area contributed by atoms with Gasteiger partial charge in [0, 0.05) is 31.3 Å². The number of hydrogen-bond donors (Lipinski definition) is 1. The van der Waals surface area contributed by atoms with Crippen LogP contribution >= 0.6 is 0 Å². The molecular formula is C14H14N4O6S. The highest BCUT2D eigenvalue weighted by Gasteiger charge is 2.23. The van der Waals surface area contributed by atoms with Gasteiger partial charge in [-0.05, 0) is 12.1 Å². The topological polar surface area (TPSA) is 150 Å². The van der Waals surface area contributed by atoms with Crippen molar-refractivity contribution in [3.8, 4) is 0 Å². The van der Waals surface area contributed by atoms with Gasteiger partial charge in [0.25, 0.3) is 11.4 Å². The summed E-state index contributed by atoms with van der Waals surface area (Å²) in [5, 5.41) is 27.3. The van der Waals surface area contributed by atoms with Gasteiger partial charge < -0.3 is 4.90 Å². The highest BCUT2D eigenvalue weighted by molar-refractivity contribution is 7.89. The molecule has 2 N–H and O–H groups in total. The molecule has 10 nitrogen and oxygen atoms in total. The van der Waals surface area contributed by atoms with Crippen molar-refractivity contribution in [3.05, 3.63) is 68.3 Å². The number of nitrogens with zero attached hydrogens (tertiary/aromatic N) is 3. The molecule has 0 amide bonds. The molecule has 0 aliphatic rings. The van der Waals surface area contributed by atoms with Crippen molar-refractivity contribution in [2.24, 2.45) is 5.14 Å². The smallest absolute Gasteiger partial charge is 0.293 e. The summed E-state index contributed by atoms with van der Waals surface area (Å²) in [5.41, 5.74) is -0.110. The Morgan fingerprint density at radius 2 is 1.64 bits per heavy atom. The largest absolute Gasteiger partial charge is 0.364 e. The van der Waals surface area contributed by atoms with Gasteiger partial charge in [0.1, 0.15) is 5.69 Å². The number of sulfonamides is 1. The van der Waals surface area contributed by atoms with E-state index in [4.69, 9.17) is 5.14 Å². The molecule has 25 heavy (non-hydrogen) atoms. The second-order valence-electron chi connectivity index (χ2n) is 5.19. The normalized spacial score (nSPS) is 11.1. The lowest BCUT2D eigenvalue weighted by Gasteiger charge is -2.19. The Morgan fingerprint density at radius 3 is 2.20 bits per heavy atom. The molecule has 0 aliphatic heterocycles. The van der Waals surface area contributed by atoms with E-state index in [1.54, 1.807) is 12.1 Å². The number of nitrogens with two attached hydrogens (primary N) is 1. The SMILES string of the molecule is CN(Cc1ccccc1[N+](=O)[O-])c1ccc(S(N)(=O)=O)cc1[N+](=O)[O-]. The van der Waals surface area contributed by atoms with E-state index in [1.165, 1.54) is 30.1 Å². The van der Waals surface area contributed by atoms with Crippen molar-refractivity contribution >= 4 is 27.1 Å². The lowest BCUT2D eigenvalue weighted by atomic mass is 10.1. The quantitative estimate of drug-likeness (QED) is 0.604. The maximum absolute atomic E-state index is 11.4. The molecule has 2 rings (SSSR count). The van der Waals surface area contributed by atoms with Gasteiger partial charge in [-0.3, -0.25) is 20.2 Å². The highest BCUT2D eigenvalue weighted by atomic mass is 32.2. The van der Waals surface area contributed by atoms with Gasteiger partial charge in [0.15, 0.2) is 0 Å². The van der Waals surface area contributed by atoms with Crippen molar-refractivity contribution in [3.63, 3.8) is 0 Å². The number of nitro benzene ring substituents is 2. The van der Waals surface area contributed by atoms with Gasteiger partial charge in [-0.1, -0.05) is 18.2 Å². The van der Waals surface area contributed by atoms with E-state index in [0.717, 1.165) is 12.1 Å². The van der Waals surface area contributed by atoms with Gasteiger partial charge in [0.2, 0.25) is 10.0 Å². The minimum atomic E-state index is -4.09. The van der Waals surface area contributed by atoms with Crippen LogP contribution in [0.15, 0.2) is 47.4 Å². The molecule has 0 spiro atoms. The van der Waals surface area contributed by atoms with E-state index in [-0.39, 0.29) is 22.8 Å². The Hall–Kier alpha value is -3.05. The maximum atomic E-state index is 11.4. The van der Waals surface area contributed by atoms with Crippen molar-refractivity contribution in [1.82, 2.24) is 0 Å². The minimum Gasteiger partial charge on any atom is -0.364 e. The van der Waals surface area contributed by atoms with Crippen LogP contribution in [0.5, 0.6) is 0 Å². The molecule has 2 aromatic carbocycles. The molecule has 0 fully saturated rings. The molecule has 11 heteroatoms. The number of hydrogen-bond acceptors (Lipinski definition) is 7. The predicted molar refractivity (Wildman–Crippen MR) is 89.7 cm³/mol. The second kappa shape index (κ2) is 6.83. The summed E-state index contributed by atoms with van der Waals surface area (Å²) < 4.78 is 22.7. The standard InChI is InChI=1S/C14H14N4O6S/c1-16(9-10-4-2-3-5-12(10)17(19)20)13-7-6-11(25(15,23)24)8-14(13)18(21)22/h2-8H,9H2,1H3,(H2,15,23,24). The van der Waals surface area contributed by atoms with Crippen LogP contribution in [0, 0.1) is 20.2 Å². The molecule has 0 saturated heterocycles. The molecule has 0 radical (unpaired) electrons. The number of benzene rings is 2. The Balaban J connectivity index is 2.45. The molecule has 0 bridgehead atoms. The molecule has 2 aromatic rings. The maximum Gasteiger partial charge on any atom is 0.293 e. The first kappa shape index (κ1) is 18.3. The molecule has 0 aliphatic carbocycles. The Bertz CT molecular complexity index is 944. The fourth-order valence-electron chi connectivity index (χ4n) is 2.31. The zero-order valence-corrected chi connectivity index (χ0v) is 13.8. The van der Waals surface area contributed by atoms with Crippen molar-refractivity contribution in [2.75, 3.05) is 11.9 Å². The highest BCUT2D eigenvalue weighted by Crippen LogP contribution is 2.31. The number of rotatable bonds is 6. The number of nitro groups is 2. The van der Waals surface area contributed by atoms with Gasteiger partial charge in [-0.25, -0.2) is 13.6 Å². The Labute approximate surface area is 142 Å². The van der Waals surface area contributed by atoms with Gasteiger partial charge in [-0.15, -0.1) is 0 Å². The average molecular weight is 366 g/mol. The van der Waals surface area contributed by atoms with Crippen LogP contribution in [0.3, 0.4) is 0 Å². The molecule has 0 atom stereocenters. The number of para-hydroxylation sites is 1. The molecular weight excluding hydrogens is 352 g/mol. The summed E-state index contributed by atoms with van der Waals surface area (Å²) >= 11 is 0. The summed E-state index contributed by atoms with van der Waals surface area (Å²) in [6.45, 7) is 0.0206. The zero-order chi connectivity index (χ0) is 18.8. The van der Waals surface area contributed by atoms with Crippen LogP contribution in [0.2, 0.25) is 0 Å². The first-order valence-corrected chi connectivity index (χ1v) is 8.40. The van der Waals surface area contributed by atoms with Gasteiger partial charge in [0.05, 0.1) is 14.7 Å². The lowest BCUT2D eigenvalue weighted by molar-refractivity contribution is -0.385. The molecule has 0 aromatic heterocycles. The first-order valence-electron chi connectivity index (χ1n) is 6.86. The van der Waals surface area contributed by atoms with Crippen molar-refractivity contribution in [2.45, 2.75) is 11.4 Å². The summed E-state index contributed by atoms with van der Waals surface area (Å²) in [5.74, 6) is 0. The number of anilines is 1. The first-order chi connectivity index (χ1) is 11.6. The van der Waals surface area contributed by atoms with Crippen LogP contribution < -0.4 is 10.0 Å². The van der Waals surface area contributed by atoms with E-state index in [9.17, 15) is 28.6 Å². The molecule has 0 heterocycles. The zero-order valence-electron chi connectivity index (χ0n) is 13.0. The van der Waals surface area contributed by atoms with Crippen LogP contribution in [-0.2, 0) is 16.6 Å².